The predicted molar refractivity (Wildman–Crippen MR) is 104 cm³/mol. The molecule has 0 radical (unpaired) electrons. The highest BCUT2D eigenvalue weighted by Gasteiger charge is 2.36. The Morgan fingerprint density at radius 3 is 2.44 bits per heavy atom. The first-order valence-electron chi connectivity index (χ1n) is 9.63. The van der Waals surface area contributed by atoms with E-state index in [4.69, 9.17) is 14.0 Å². The number of amides is 1. The smallest absolute Gasteiger partial charge is 0.265 e. The van der Waals surface area contributed by atoms with Gasteiger partial charge < -0.3 is 14.0 Å². The van der Waals surface area contributed by atoms with Crippen molar-refractivity contribution in [3.05, 3.63) is 35.5 Å². The number of nitrogens with one attached hydrogen (secondary N) is 1. The lowest BCUT2D eigenvalue weighted by atomic mass is 9.69. The van der Waals surface area contributed by atoms with Crippen molar-refractivity contribution >= 4 is 11.8 Å². The summed E-state index contributed by atoms with van der Waals surface area (Å²) >= 11 is 0. The number of ether oxygens (including phenoxy) is 2. The molecule has 1 saturated carbocycles. The molecule has 0 spiro atoms. The monoisotopic (exact) mass is 372 g/mol. The van der Waals surface area contributed by atoms with Crippen LogP contribution in [-0.2, 0) is 5.41 Å². The van der Waals surface area contributed by atoms with Gasteiger partial charge in [-0.15, -0.1) is 0 Å². The summed E-state index contributed by atoms with van der Waals surface area (Å²) in [6, 6.07) is 7.10. The van der Waals surface area contributed by atoms with Crippen LogP contribution in [-0.4, -0.2) is 25.3 Å². The van der Waals surface area contributed by atoms with Gasteiger partial charge in [-0.3, -0.25) is 10.1 Å². The molecular weight excluding hydrogens is 344 g/mol. The van der Waals surface area contributed by atoms with Gasteiger partial charge in [0, 0.05) is 11.5 Å². The molecule has 1 fully saturated rings. The molecule has 0 bridgehead atoms. The van der Waals surface area contributed by atoms with E-state index in [2.05, 4.69) is 17.4 Å². The fraction of sp³-hybridized carbons (Fsp3) is 0.524. The Morgan fingerprint density at radius 1 is 1.19 bits per heavy atom. The van der Waals surface area contributed by atoms with E-state index >= 15 is 0 Å². The summed E-state index contributed by atoms with van der Waals surface area (Å²) in [6.45, 7) is 2.20. The molecule has 6 heteroatoms. The summed E-state index contributed by atoms with van der Waals surface area (Å²) in [6.07, 6.45) is 8.16. The first-order valence-corrected chi connectivity index (χ1v) is 9.63. The van der Waals surface area contributed by atoms with E-state index in [0.717, 1.165) is 31.4 Å². The number of anilines is 1. The zero-order valence-electron chi connectivity index (χ0n) is 16.3. The molecule has 1 aliphatic carbocycles. The number of carbonyl (C=O) groups excluding carboxylic acids is 1. The maximum Gasteiger partial charge on any atom is 0.265 e. The van der Waals surface area contributed by atoms with E-state index in [-0.39, 0.29) is 11.3 Å². The average molecular weight is 372 g/mol. The number of carbonyl (C=O) groups is 1. The molecule has 6 nitrogen and oxygen atoms in total. The molecular formula is C21H28N2O4. The van der Waals surface area contributed by atoms with E-state index in [9.17, 15) is 4.79 Å². The van der Waals surface area contributed by atoms with Crippen molar-refractivity contribution in [2.24, 2.45) is 0 Å². The summed E-state index contributed by atoms with van der Waals surface area (Å²) < 4.78 is 16.1. The second-order valence-corrected chi connectivity index (χ2v) is 7.16. The van der Waals surface area contributed by atoms with E-state index in [0.29, 0.717) is 22.9 Å². The van der Waals surface area contributed by atoms with Crippen molar-refractivity contribution in [2.45, 2.75) is 57.3 Å². The molecule has 0 atom stereocenters. The van der Waals surface area contributed by atoms with E-state index in [1.54, 1.807) is 18.2 Å². The lowest BCUT2D eigenvalue weighted by molar-refractivity contribution is 0.101. The zero-order valence-corrected chi connectivity index (χ0v) is 16.3. The Hall–Kier alpha value is -2.50. The minimum absolute atomic E-state index is 0.0710. The van der Waals surface area contributed by atoms with Crippen molar-refractivity contribution in [1.29, 1.82) is 0 Å². The molecule has 1 aromatic heterocycles. The van der Waals surface area contributed by atoms with Crippen LogP contribution in [0.5, 0.6) is 11.5 Å². The third-order valence-corrected chi connectivity index (χ3v) is 5.48. The van der Waals surface area contributed by atoms with Gasteiger partial charge in [0.2, 0.25) is 5.88 Å². The molecule has 0 aliphatic heterocycles. The predicted octanol–water partition coefficient (Wildman–Crippen LogP) is 4.95. The number of methoxy groups -OCH3 is 2. The lowest BCUT2D eigenvalue weighted by Gasteiger charge is -2.35. The van der Waals surface area contributed by atoms with Gasteiger partial charge in [-0.05, 0) is 31.4 Å². The maximum atomic E-state index is 12.8. The molecule has 0 unspecified atom stereocenters. The number of hydrogen-bond acceptors (Lipinski definition) is 5. The highest BCUT2D eigenvalue weighted by atomic mass is 16.5. The Bertz CT molecular complexity index is 750. The van der Waals surface area contributed by atoms with Crippen molar-refractivity contribution in [3.8, 4) is 11.5 Å². The normalized spacial score (nSPS) is 16.0. The molecule has 0 saturated heterocycles. The van der Waals surface area contributed by atoms with Crippen LogP contribution in [0.3, 0.4) is 0 Å². The second kappa shape index (κ2) is 8.46. The van der Waals surface area contributed by atoms with Gasteiger partial charge in [-0.25, -0.2) is 0 Å². The van der Waals surface area contributed by atoms with Crippen LogP contribution in [0.4, 0.5) is 5.88 Å². The van der Waals surface area contributed by atoms with Crippen molar-refractivity contribution in [3.63, 3.8) is 0 Å². The van der Waals surface area contributed by atoms with Gasteiger partial charge in [0.25, 0.3) is 5.91 Å². The third-order valence-electron chi connectivity index (χ3n) is 5.48. The van der Waals surface area contributed by atoms with E-state index in [1.165, 1.54) is 33.5 Å². The van der Waals surface area contributed by atoms with E-state index in [1.807, 2.05) is 6.07 Å². The fourth-order valence-electron chi connectivity index (χ4n) is 4.17. The lowest BCUT2D eigenvalue weighted by Crippen LogP contribution is -2.29. The summed E-state index contributed by atoms with van der Waals surface area (Å²) in [7, 11) is 3.05. The average Bonchev–Trinajstić information content (AvgIpc) is 3.17. The Labute approximate surface area is 160 Å². The molecule has 27 heavy (non-hydrogen) atoms. The zero-order chi connectivity index (χ0) is 19.3. The van der Waals surface area contributed by atoms with Crippen LogP contribution < -0.4 is 14.8 Å². The molecule has 1 heterocycles. The third kappa shape index (κ3) is 3.94. The van der Waals surface area contributed by atoms with E-state index < -0.39 is 0 Å². The molecule has 1 amide bonds. The van der Waals surface area contributed by atoms with Crippen LogP contribution in [0.1, 0.15) is 67.9 Å². The largest absolute Gasteiger partial charge is 0.496 e. The van der Waals surface area contributed by atoms with Gasteiger partial charge >= 0.3 is 0 Å². The van der Waals surface area contributed by atoms with Crippen LogP contribution in [0, 0.1) is 0 Å². The summed E-state index contributed by atoms with van der Waals surface area (Å²) in [5.74, 6) is 0.895. The number of aromatic nitrogens is 1. The molecule has 2 aromatic rings. The number of nitrogens with zero attached hydrogens (tertiary/aromatic N) is 1. The maximum absolute atomic E-state index is 12.8. The Kier molecular flexibility index (Phi) is 6.04. The van der Waals surface area contributed by atoms with Gasteiger partial charge in [0.15, 0.2) is 0 Å². The molecule has 1 aromatic carbocycles. The standard InChI is InChI=1S/C21H28N2O4/c1-4-11-21(12-6-5-7-13-21)17-14-18(27-23-17)22-20(24)19-15(25-2)9-8-10-16(19)26-3/h8-10,14H,4-7,11-13H2,1-3H3,(H,22,24). The van der Waals surface area contributed by atoms with Gasteiger partial charge in [0.05, 0.1) is 19.9 Å². The highest BCUT2D eigenvalue weighted by Crippen LogP contribution is 2.43. The van der Waals surface area contributed by atoms with Gasteiger partial charge in [-0.1, -0.05) is 43.8 Å². The summed E-state index contributed by atoms with van der Waals surface area (Å²) in [4.78, 5) is 12.8. The Balaban J connectivity index is 1.83. The van der Waals surface area contributed by atoms with Gasteiger partial charge in [-0.2, -0.15) is 0 Å². The van der Waals surface area contributed by atoms with Crippen LogP contribution in [0.25, 0.3) is 0 Å². The number of benzene rings is 1. The molecule has 1 N–H and O–H groups in total. The number of hydrogen-bond donors (Lipinski definition) is 1. The van der Waals surface area contributed by atoms with Crippen LogP contribution in [0.15, 0.2) is 28.8 Å². The number of rotatable bonds is 7. The van der Waals surface area contributed by atoms with Crippen LogP contribution >= 0.6 is 0 Å². The second-order valence-electron chi connectivity index (χ2n) is 7.16. The van der Waals surface area contributed by atoms with Crippen molar-refractivity contribution in [2.75, 3.05) is 19.5 Å². The minimum Gasteiger partial charge on any atom is -0.496 e. The topological polar surface area (TPSA) is 73.6 Å². The van der Waals surface area contributed by atoms with Crippen molar-refractivity contribution < 1.29 is 18.8 Å². The summed E-state index contributed by atoms with van der Waals surface area (Å²) in [5.41, 5.74) is 1.36. The first-order chi connectivity index (χ1) is 13.1. The quantitative estimate of drug-likeness (QED) is 0.745. The molecule has 146 valence electrons. The Morgan fingerprint density at radius 2 is 1.85 bits per heavy atom. The fourth-order valence-corrected chi connectivity index (χ4v) is 4.17. The van der Waals surface area contributed by atoms with Gasteiger partial charge in [0.1, 0.15) is 17.1 Å². The first kappa shape index (κ1) is 19.3. The van der Waals surface area contributed by atoms with Crippen LogP contribution in [0.2, 0.25) is 0 Å². The SMILES string of the molecule is CCCC1(c2cc(NC(=O)c3c(OC)cccc3OC)on2)CCCCC1. The molecule has 1 aliphatic rings. The van der Waals surface area contributed by atoms with Crippen molar-refractivity contribution in [1.82, 2.24) is 5.16 Å². The minimum atomic E-state index is -0.347. The highest BCUT2D eigenvalue weighted by molar-refractivity contribution is 6.07. The molecule has 3 rings (SSSR count). The summed E-state index contributed by atoms with van der Waals surface area (Å²) in [5, 5.41) is 7.11.